The lowest BCUT2D eigenvalue weighted by Gasteiger charge is -2.26. The van der Waals surface area contributed by atoms with Crippen LogP contribution in [0.1, 0.15) is 25.7 Å². The quantitative estimate of drug-likeness (QED) is 0.0410. The number of fused-ring (bicyclic) bond motifs is 1. The van der Waals surface area contributed by atoms with Gasteiger partial charge in [0, 0.05) is 70.2 Å². The highest BCUT2D eigenvalue weighted by atomic mass is 19.1. The Bertz CT molecular complexity index is 2480. The number of ether oxygens (including phenoxy) is 2. The van der Waals surface area contributed by atoms with Gasteiger partial charge < -0.3 is 49.6 Å². The van der Waals surface area contributed by atoms with E-state index in [1.807, 2.05) is 88.4 Å². The van der Waals surface area contributed by atoms with Crippen molar-refractivity contribution < 1.29 is 23.5 Å². The minimum atomic E-state index is -0.642. The van der Waals surface area contributed by atoms with Crippen molar-refractivity contribution >= 4 is 69.6 Å². The molecule has 5 aromatic rings. The van der Waals surface area contributed by atoms with Crippen LogP contribution in [0, 0.1) is 12.7 Å². The van der Waals surface area contributed by atoms with Gasteiger partial charge in [0.2, 0.25) is 11.9 Å². The van der Waals surface area contributed by atoms with Crippen LogP contribution in [0.15, 0.2) is 78.6 Å². The monoisotopic (exact) mass is 848 g/mol. The zero-order valence-electron chi connectivity index (χ0n) is 37.3. The van der Waals surface area contributed by atoms with Crippen molar-refractivity contribution in [2.24, 2.45) is 4.99 Å². The number of imidazole rings is 1. The Labute approximate surface area is 362 Å². The lowest BCUT2D eigenvalue weighted by atomic mass is 10.1. The largest absolute Gasteiger partial charge is 0.494 e. The van der Waals surface area contributed by atoms with Crippen molar-refractivity contribution in [3.63, 3.8) is 0 Å². The number of aromatic nitrogens is 4. The van der Waals surface area contributed by atoms with E-state index in [1.54, 1.807) is 43.6 Å². The lowest BCUT2D eigenvalue weighted by Crippen LogP contribution is -2.29. The summed E-state index contributed by atoms with van der Waals surface area (Å²) in [5.41, 5.74) is 4.83. The molecule has 328 valence electrons. The Morgan fingerprint density at radius 1 is 0.887 bits per heavy atom. The van der Waals surface area contributed by atoms with E-state index in [-0.39, 0.29) is 29.2 Å². The highest BCUT2D eigenvalue weighted by Crippen LogP contribution is 2.41. The topological polar surface area (TPSA) is 158 Å². The summed E-state index contributed by atoms with van der Waals surface area (Å²) in [6.45, 7) is 19.8. The Balaban J connectivity index is 1.49. The van der Waals surface area contributed by atoms with Crippen LogP contribution in [-0.2, 0) is 9.59 Å². The molecule has 0 radical (unpaired) electrons. The molecule has 2 aromatic heterocycles. The minimum Gasteiger partial charge on any atom is -0.494 e. The smallest absolute Gasteiger partial charge is 0.290 e. The average molecular weight is 849 g/mol. The molecule has 2 heterocycles. The van der Waals surface area contributed by atoms with E-state index in [2.05, 4.69) is 55.7 Å². The van der Waals surface area contributed by atoms with Crippen molar-refractivity contribution in [3.05, 3.63) is 85.3 Å². The molecule has 17 heteroatoms. The van der Waals surface area contributed by atoms with Gasteiger partial charge in [-0.25, -0.2) is 19.3 Å². The Morgan fingerprint density at radius 3 is 2.10 bits per heavy atom. The van der Waals surface area contributed by atoms with E-state index in [0.717, 1.165) is 13.1 Å². The molecule has 3 N–H and O–H groups in total. The fourth-order valence-electron chi connectivity index (χ4n) is 6.69. The second kappa shape index (κ2) is 20.1. The normalized spacial score (nSPS) is 11.2. The molecule has 0 saturated heterocycles. The van der Waals surface area contributed by atoms with Gasteiger partial charge in [-0.15, -0.1) is 0 Å². The molecule has 0 atom stereocenters. The van der Waals surface area contributed by atoms with E-state index in [0.29, 0.717) is 75.4 Å². The summed E-state index contributed by atoms with van der Waals surface area (Å²) in [5, 5.41) is 9.03. The predicted molar refractivity (Wildman–Crippen MR) is 249 cm³/mol. The number of aryl methyl sites for hydroxylation is 1. The third-order valence-corrected chi connectivity index (χ3v) is 9.97. The van der Waals surface area contributed by atoms with Crippen LogP contribution in [0.5, 0.6) is 11.5 Å². The van der Waals surface area contributed by atoms with Gasteiger partial charge in [-0.2, -0.15) is 0 Å². The second-order valence-electron chi connectivity index (χ2n) is 15.5. The number of likely N-dealkylation sites (N-methyl/N-ethyl adjacent to an activating group) is 4. The molecule has 0 unspecified atom stereocenters. The highest BCUT2D eigenvalue weighted by Gasteiger charge is 2.22. The molecule has 0 aliphatic heterocycles. The second-order valence-corrected chi connectivity index (χ2v) is 15.5. The van der Waals surface area contributed by atoms with E-state index >= 15 is 4.39 Å². The summed E-state index contributed by atoms with van der Waals surface area (Å²) in [6.07, 6.45) is 2.75. The van der Waals surface area contributed by atoms with Gasteiger partial charge in [0.25, 0.3) is 5.91 Å². The van der Waals surface area contributed by atoms with Crippen LogP contribution in [-0.4, -0.2) is 123 Å². The van der Waals surface area contributed by atoms with E-state index < -0.39 is 17.6 Å². The van der Waals surface area contributed by atoms with Crippen LogP contribution in [0.25, 0.3) is 22.3 Å². The third-order valence-electron chi connectivity index (χ3n) is 9.97. The van der Waals surface area contributed by atoms with Crippen molar-refractivity contribution in [1.82, 2.24) is 29.3 Å². The molecule has 16 nitrogen and oxygen atoms in total. The molecule has 0 spiro atoms. The van der Waals surface area contributed by atoms with Crippen LogP contribution in [0.3, 0.4) is 0 Å². The first-order chi connectivity index (χ1) is 29.4. The molecule has 0 bridgehead atoms. The maximum Gasteiger partial charge on any atom is 0.290 e. The van der Waals surface area contributed by atoms with Gasteiger partial charge in [0.05, 0.1) is 46.8 Å². The van der Waals surface area contributed by atoms with Crippen LogP contribution < -0.4 is 35.2 Å². The first kappa shape index (κ1) is 46.2. The molecular weight excluding hydrogens is 792 g/mol. The molecule has 3 aromatic carbocycles. The van der Waals surface area contributed by atoms with Crippen molar-refractivity contribution in [3.8, 4) is 22.8 Å². The minimum absolute atomic E-state index is 0.0668. The van der Waals surface area contributed by atoms with Gasteiger partial charge in [-0.3, -0.25) is 14.6 Å². The summed E-state index contributed by atoms with van der Waals surface area (Å²) in [6, 6.07) is 11.9. The van der Waals surface area contributed by atoms with E-state index in [4.69, 9.17) is 14.5 Å². The number of halogens is 1. The Morgan fingerprint density at radius 2 is 1.52 bits per heavy atom. The van der Waals surface area contributed by atoms with Crippen LogP contribution in [0.4, 0.5) is 44.5 Å². The number of carbonyl (C=O) groups excluding carboxylic acids is 2. The standard InChI is InChI=1S/C45H57FN12O4/c1-14-42(59)50-33-23-35(47-6)41(26-38(33)57(12)20-18-55(9)10)62-28(4)44(60)51-34-24-36(40(61-13)25-37(34)56(11)19-17-54(7)8)53-45-48-16-15-32(52-45)30-21-31(46)43-39(22-30)58(27(2)3)29(5)49-43/h14-16,21-27H,1,4,6,17-20H2,2-3,5,7-13H3,(H,50,59)(H,51,60)(H,48,52,53). The third kappa shape index (κ3) is 10.9. The first-order valence-corrected chi connectivity index (χ1v) is 19.9. The summed E-state index contributed by atoms with van der Waals surface area (Å²) < 4.78 is 29.4. The lowest BCUT2D eigenvalue weighted by molar-refractivity contribution is -0.114. The molecule has 0 aliphatic rings. The van der Waals surface area contributed by atoms with Crippen molar-refractivity contribution in [2.75, 3.05) is 101 Å². The Hall–Kier alpha value is -6.85. The van der Waals surface area contributed by atoms with Gasteiger partial charge >= 0.3 is 0 Å². The molecule has 62 heavy (non-hydrogen) atoms. The zero-order valence-corrected chi connectivity index (χ0v) is 37.3. The summed E-state index contributed by atoms with van der Waals surface area (Å²) in [5.74, 6) is -0.170. The molecule has 2 amide bonds. The summed E-state index contributed by atoms with van der Waals surface area (Å²) in [7, 11) is 13.2. The number of hydrogen-bond donors (Lipinski definition) is 3. The Kier molecular flexibility index (Phi) is 15.0. The number of nitrogens with zero attached hydrogens (tertiary/aromatic N) is 9. The number of carbonyl (C=O) groups is 2. The first-order valence-electron chi connectivity index (χ1n) is 19.9. The molecule has 0 fully saturated rings. The molecule has 0 saturated carbocycles. The van der Waals surface area contributed by atoms with Gasteiger partial charge in [-0.05, 0) is 92.1 Å². The number of amides is 2. The average Bonchev–Trinajstić information content (AvgIpc) is 3.58. The number of nitrogens with one attached hydrogen (secondary N) is 3. The number of anilines is 6. The summed E-state index contributed by atoms with van der Waals surface area (Å²) in [4.78, 5) is 52.2. The fourth-order valence-corrected chi connectivity index (χ4v) is 6.69. The van der Waals surface area contributed by atoms with Gasteiger partial charge in [-0.1, -0.05) is 13.2 Å². The molecule has 0 aliphatic carbocycles. The van der Waals surface area contributed by atoms with Crippen molar-refractivity contribution in [1.29, 1.82) is 0 Å². The maximum atomic E-state index is 15.4. The van der Waals surface area contributed by atoms with E-state index in [1.165, 1.54) is 12.1 Å². The number of aliphatic imine (C=N–C) groups is 1. The highest BCUT2D eigenvalue weighted by molar-refractivity contribution is 6.05. The maximum absolute atomic E-state index is 15.4. The van der Waals surface area contributed by atoms with Gasteiger partial charge in [0.1, 0.15) is 22.8 Å². The number of hydrogen-bond acceptors (Lipinski definition) is 13. The summed E-state index contributed by atoms with van der Waals surface area (Å²) >= 11 is 0. The SMILES string of the molecule is C=CC(=O)Nc1cc(N=C)c(OC(=C)C(=O)Nc2cc(Nc3nccc(-c4cc(F)c5nc(C)n(C(C)C)c5c4)n3)c(OC)cc2N(C)CCN(C)C)cc1N(C)CCN(C)C. The van der Waals surface area contributed by atoms with Crippen LogP contribution >= 0.6 is 0 Å². The zero-order chi connectivity index (χ0) is 45.4. The number of benzene rings is 3. The number of rotatable bonds is 20. The number of methoxy groups -OCH3 is 1. The molecular formula is C45H57FN12O4. The van der Waals surface area contributed by atoms with Gasteiger partial charge in [0.15, 0.2) is 17.3 Å². The molecule has 5 rings (SSSR count). The van der Waals surface area contributed by atoms with Crippen molar-refractivity contribution in [2.45, 2.75) is 26.8 Å². The fraction of sp³-hybridized carbons (Fsp3) is 0.333. The predicted octanol–water partition coefficient (Wildman–Crippen LogP) is 7.26. The van der Waals surface area contributed by atoms with E-state index in [9.17, 15) is 9.59 Å². The van der Waals surface area contributed by atoms with Crippen LogP contribution in [0.2, 0.25) is 0 Å².